The van der Waals surface area contributed by atoms with Gasteiger partial charge in [0.2, 0.25) is 0 Å². The van der Waals surface area contributed by atoms with Crippen LogP contribution in [0.25, 0.3) is 0 Å². The molecule has 0 spiro atoms. The molecule has 0 aromatic carbocycles. The van der Waals surface area contributed by atoms with Gasteiger partial charge in [0.05, 0.1) is 6.04 Å². The fourth-order valence-electron chi connectivity index (χ4n) is 0.926. The Morgan fingerprint density at radius 1 is 1.64 bits per heavy atom. The Kier molecular flexibility index (Phi) is 5.60. The molecule has 0 bridgehead atoms. The average Bonchev–Trinajstić information content (AvgIpc) is 2.00. The molecule has 62 valence electrons. The Bertz CT molecular complexity index is 143. The van der Waals surface area contributed by atoms with Gasteiger partial charge in [0, 0.05) is 6.04 Å². The van der Waals surface area contributed by atoms with Gasteiger partial charge in [0.1, 0.15) is 0 Å². The van der Waals surface area contributed by atoms with Gasteiger partial charge in [0.15, 0.2) is 0 Å². The van der Waals surface area contributed by atoms with Crippen LogP contribution in [-0.4, -0.2) is 12.1 Å². The van der Waals surface area contributed by atoms with E-state index in [1.807, 2.05) is 13.0 Å². The largest absolute Gasteiger partial charge is 0.301 e. The SMILES string of the molecule is C#CC(C)NC(C)CCC=C. The van der Waals surface area contributed by atoms with Crippen molar-refractivity contribution >= 4 is 0 Å². The molecule has 0 rings (SSSR count). The molecule has 0 aromatic rings. The lowest BCUT2D eigenvalue weighted by molar-refractivity contribution is 0.498. The highest BCUT2D eigenvalue weighted by molar-refractivity contribution is 4.96. The molecule has 0 aliphatic rings. The third kappa shape index (κ3) is 5.69. The molecule has 1 nitrogen and oxygen atoms in total. The van der Waals surface area contributed by atoms with Gasteiger partial charge < -0.3 is 5.32 Å². The van der Waals surface area contributed by atoms with Gasteiger partial charge >= 0.3 is 0 Å². The Morgan fingerprint density at radius 3 is 2.73 bits per heavy atom. The monoisotopic (exact) mass is 151 g/mol. The van der Waals surface area contributed by atoms with Gasteiger partial charge in [0.25, 0.3) is 0 Å². The van der Waals surface area contributed by atoms with Crippen LogP contribution in [0.2, 0.25) is 0 Å². The minimum atomic E-state index is 0.176. The van der Waals surface area contributed by atoms with Crippen molar-refractivity contribution in [1.29, 1.82) is 0 Å². The molecule has 2 unspecified atom stereocenters. The average molecular weight is 151 g/mol. The number of hydrogen-bond acceptors (Lipinski definition) is 1. The molecule has 0 fully saturated rings. The van der Waals surface area contributed by atoms with Crippen LogP contribution in [0.15, 0.2) is 12.7 Å². The lowest BCUT2D eigenvalue weighted by Crippen LogP contribution is -2.33. The summed E-state index contributed by atoms with van der Waals surface area (Å²) in [5, 5.41) is 3.28. The zero-order valence-electron chi connectivity index (χ0n) is 7.43. The maximum atomic E-state index is 5.22. The summed E-state index contributed by atoms with van der Waals surface area (Å²) in [6, 6.07) is 0.661. The maximum absolute atomic E-state index is 5.22. The molecule has 0 radical (unpaired) electrons. The summed E-state index contributed by atoms with van der Waals surface area (Å²) in [4.78, 5) is 0. The van der Waals surface area contributed by atoms with E-state index in [-0.39, 0.29) is 6.04 Å². The second-order valence-electron chi connectivity index (χ2n) is 2.82. The van der Waals surface area contributed by atoms with Crippen molar-refractivity contribution in [2.45, 2.75) is 38.8 Å². The van der Waals surface area contributed by atoms with Crippen LogP contribution in [-0.2, 0) is 0 Å². The van der Waals surface area contributed by atoms with Crippen LogP contribution in [0.1, 0.15) is 26.7 Å². The van der Waals surface area contributed by atoms with Crippen LogP contribution >= 0.6 is 0 Å². The molecule has 1 N–H and O–H groups in total. The van der Waals surface area contributed by atoms with E-state index in [1.54, 1.807) is 0 Å². The summed E-state index contributed by atoms with van der Waals surface area (Å²) in [5.41, 5.74) is 0. The Balaban J connectivity index is 3.44. The number of allylic oxidation sites excluding steroid dienone is 1. The van der Waals surface area contributed by atoms with Crippen molar-refractivity contribution in [2.75, 3.05) is 0 Å². The first kappa shape index (κ1) is 10.3. The minimum Gasteiger partial charge on any atom is -0.301 e. The summed E-state index contributed by atoms with van der Waals surface area (Å²) >= 11 is 0. The van der Waals surface area contributed by atoms with Crippen molar-refractivity contribution in [3.05, 3.63) is 12.7 Å². The number of hydrogen-bond donors (Lipinski definition) is 1. The molecule has 0 amide bonds. The zero-order chi connectivity index (χ0) is 8.69. The summed E-state index contributed by atoms with van der Waals surface area (Å²) < 4.78 is 0. The number of rotatable bonds is 5. The number of terminal acetylenes is 1. The molecule has 1 heteroatoms. The smallest absolute Gasteiger partial charge is 0.0660 e. The first-order valence-electron chi connectivity index (χ1n) is 4.03. The molecular weight excluding hydrogens is 134 g/mol. The summed E-state index contributed by atoms with van der Waals surface area (Å²) in [6.07, 6.45) is 9.30. The van der Waals surface area contributed by atoms with Crippen LogP contribution in [0.5, 0.6) is 0 Å². The predicted molar refractivity (Wildman–Crippen MR) is 50.3 cm³/mol. The lowest BCUT2D eigenvalue weighted by atomic mass is 10.1. The van der Waals surface area contributed by atoms with Gasteiger partial charge in [-0.15, -0.1) is 13.0 Å². The molecule has 2 atom stereocenters. The van der Waals surface area contributed by atoms with E-state index in [0.717, 1.165) is 12.8 Å². The molecule has 11 heavy (non-hydrogen) atoms. The highest BCUT2D eigenvalue weighted by Gasteiger charge is 2.02. The standard InChI is InChI=1S/C10H17N/c1-5-7-8-10(4)11-9(3)6-2/h2,5,9-11H,1,7-8H2,3-4H3. The minimum absolute atomic E-state index is 0.176. The van der Waals surface area contributed by atoms with Crippen LogP contribution < -0.4 is 5.32 Å². The maximum Gasteiger partial charge on any atom is 0.0660 e. The van der Waals surface area contributed by atoms with Crippen LogP contribution in [0.3, 0.4) is 0 Å². The molecule has 0 aliphatic carbocycles. The zero-order valence-corrected chi connectivity index (χ0v) is 7.43. The molecule has 0 aliphatic heterocycles. The molecule has 0 saturated carbocycles. The van der Waals surface area contributed by atoms with Crippen LogP contribution in [0.4, 0.5) is 0 Å². The van der Waals surface area contributed by atoms with Gasteiger partial charge in [-0.1, -0.05) is 12.0 Å². The highest BCUT2D eigenvalue weighted by Crippen LogP contribution is 1.97. The lowest BCUT2D eigenvalue weighted by Gasteiger charge is -2.14. The highest BCUT2D eigenvalue weighted by atomic mass is 14.9. The van der Waals surface area contributed by atoms with Crippen molar-refractivity contribution in [3.63, 3.8) is 0 Å². The van der Waals surface area contributed by atoms with E-state index >= 15 is 0 Å². The second-order valence-corrected chi connectivity index (χ2v) is 2.82. The summed E-state index contributed by atoms with van der Waals surface area (Å²) in [7, 11) is 0. The first-order chi connectivity index (χ1) is 5.20. The van der Waals surface area contributed by atoms with Gasteiger partial charge in [-0.2, -0.15) is 0 Å². The molecular formula is C10H17N. The molecule has 0 aromatic heterocycles. The van der Waals surface area contributed by atoms with Crippen molar-refractivity contribution in [2.24, 2.45) is 0 Å². The molecule has 0 saturated heterocycles. The predicted octanol–water partition coefficient (Wildman–Crippen LogP) is 1.95. The number of nitrogens with one attached hydrogen (secondary N) is 1. The van der Waals surface area contributed by atoms with Crippen LogP contribution in [0, 0.1) is 12.3 Å². The fourth-order valence-corrected chi connectivity index (χ4v) is 0.926. The second kappa shape index (κ2) is 6.00. The van der Waals surface area contributed by atoms with Gasteiger partial charge in [-0.3, -0.25) is 0 Å². The van der Waals surface area contributed by atoms with E-state index in [4.69, 9.17) is 6.42 Å². The van der Waals surface area contributed by atoms with Gasteiger partial charge in [-0.25, -0.2) is 0 Å². The Hall–Kier alpha value is -0.740. The van der Waals surface area contributed by atoms with E-state index in [0.29, 0.717) is 6.04 Å². The van der Waals surface area contributed by atoms with Crippen molar-refractivity contribution < 1.29 is 0 Å². The van der Waals surface area contributed by atoms with Crippen molar-refractivity contribution in [1.82, 2.24) is 5.32 Å². The quantitative estimate of drug-likeness (QED) is 0.468. The normalized spacial score (nSPS) is 15.0. The first-order valence-corrected chi connectivity index (χ1v) is 4.03. The molecule has 0 heterocycles. The van der Waals surface area contributed by atoms with E-state index in [1.165, 1.54) is 0 Å². The third-order valence-electron chi connectivity index (χ3n) is 1.59. The fraction of sp³-hybridized carbons (Fsp3) is 0.600. The summed E-state index contributed by atoms with van der Waals surface area (Å²) in [5.74, 6) is 2.64. The Labute approximate surface area is 69.9 Å². The third-order valence-corrected chi connectivity index (χ3v) is 1.59. The Morgan fingerprint density at radius 2 is 2.27 bits per heavy atom. The van der Waals surface area contributed by atoms with Crippen molar-refractivity contribution in [3.8, 4) is 12.3 Å². The summed E-state index contributed by atoms with van der Waals surface area (Å²) in [6.45, 7) is 7.79. The van der Waals surface area contributed by atoms with E-state index in [9.17, 15) is 0 Å². The van der Waals surface area contributed by atoms with E-state index < -0.39 is 0 Å². The van der Waals surface area contributed by atoms with Gasteiger partial charge in [-0.05, 0) is 26.7 Å². The topological polar surface area (TPSA) is 12.0 Å². The van der Waals surface area contributed by atoms with E-state index in [2.05, 4.69) is 24.7 Å².